The Balaban J connectivity index is 2.20. The van der Waals surface area contributed by atoms with E-state index in [2.05, 4.69) is 127 Å². The third-order valence-electron chi connectivity index (χ3n) is 5.34. The Kier molecular flexibility index (Phi) is 5.21. The predicted molar refractivity (Wildman–Crippen MR) is 121 cm³/mol. The standard InChI is InChI=1S/C25H22GeP/c1-27(2)25(20-12-5-3-6-13-20,21-14-7-4-8-15-21)24-22-16-10-9-11-19(22)17-18-23(24)26/h3-18H,1-2H3. The molecular formula is C25H22GeP. The minimum atomic E-state index is -0.366. The van der Waals surface area contributed by atoms with E-state index in [9.17, 15) is 0 Å². The first-order valence-electron chi connectivity index (χ1n) is 9.18. The van der Waals surface area contributed by atoms with Gasteiger partial charge in [-0.15, -0.1) is 0 Å². The van der Waals surface area contributed by atoms with Crippen LogP contribution in [-0.2, 0) is 5.16 Å². The zero-order chi connectivity index (χ0) is 18.9. The van der Waals surface area contributed by atoms with Gasteiger partial charge in [0, 0.05) is 0 Å². The van der Waals surface area contributed by atoms with Crippen molar-refractivity contribution in [3.63, 3.8) is 0 Å². The number of benzene rings is 4. The van der Waals surface area contributed by atoms with Gasteiger partial charge in [0.15, 0.2) is 0 Å². The first-order valence-corrected chi connectivity index (χ1v) is 12.5. The minimum absolute atomic E-state index is 0.136. The maximum absolute atomic E-state index is 2.41. The van der Waals surface area contributed by atoms with E-state index in [0.29, 0.717) is 0 Å². The molecule has 0 aromatic heterocycles. The zero-order valence-corrected chi connectivity index (χ0v) is 18.7. The van der Waals surface area contributed by atoms with Crippen LogP contribution in [0.1, 0.15) is 16.7 Å². The fourth-order valence-corrected chi connectivity index (χ4v) is 7.31. The molecule has 0 aliphatic rings. The van der Waals surface area contributed by atoms with Crippen molar-refractivity contribution in [2.24, 2.45) is 0 Å². The molecule has 0 nitrogen and oxygen atoms in total. The summed E-state index contributed by atoms with van der Waals surface area (Å²) in [5.74, 6) is 0. The molecule has 0 spiro atoms. The Bertz CT molecular complexity index is 1020. The van der Waals surface area contributed by atoms with Gasteiger partial charge in [-0.25, -0.2) is 0 Å². The van der Waals surface area contributed by atoms with Gasteiger partial charge in [-0.1, -0.05) is 0 Å². The molecule has 0 saturated carbocycles. The molecule has 0 N–H and O–H groups in total. The van der Waals surface area contributed by atoms with Crippen LogP contribution in [0.25, 0.3) is 10.8 Å². The maximum atomic E-state index is 2.41. The van der Waals surface area contributed by atoms with E-state index >= 15 is 0 Å². The normalized spacial score (nSPS) is 11.9. The molecule has 0 saturated heterocycles. The molecule has 4 rings (SSSR count). The van der Waals surface area contributed by atoms with Gasteiger partial charge in [-0.3, -0.25) is 0 Å². The van der Waals surface area contributed by atoms with E-state index in [0.717, 1.165) is 0 Å². The molecule has 27 heavy (non-hydrogen) atoms. The van der Waals surface area contributed by atoms with Gasteiger partial charge in [-0.05, 0) is 0 Å². The van der Waals surface area contributed by atoms with Crippen LogP contribution in [0.3, 0.4) is 0 Å². The van der Waals surface area contributed by atoms with E-state index < -0.39 is 0 Å². The predicted octanol–water partition coefficient (Wildman–Crippen LogP) is 5.67. The van der Waals surface area contributed by atoms with Crippen molar-refractivity contribution in [3.05, 3.63) is 114 Å². The van der Waals surface area contributed by atoms with Gasteiger partial charge in [0.25, 0.3) is 0 Å². The fraction of sp³-hybridized carbons (Fsp3) is 0.120. The second-order valence-electron chi connectivity index (χ2n) is 7.05. The van der Waals surface area contributed by atoms with Crippen molar-refractivity contribution in [2.45, 2.75) is 5.16 Å². The average molecular weight is 426 g/mol. The van der Waals surface area contributed by atoms with Gasteiger partial charge in [0.1, 0.15) is 0 Å². The van der Waals surface area contributed by atoms with Crippen LogP contribution in [0.4, 0.5) is 0 Å². The summed E-state index contributed by atoms with van der Waals surface area (Å²) in [7, 11) is -0.366. The van der Waals surface area contributed by atoms with Crippen LogP contribution in [0.2, 0.25) is 0 Å². The topological polar surface area (TPSA) is 0 Å². The van der Waals surface area contributed by atoms with Gasteiger partial charge in [0.2, 0.25) is 0 Å². The molecule has 0 heterocycles. The molecule has 0 atom stereocenters. The molecule has 0 amide bonds. The molecule has 3 radical (unpaired) electrons. The van der Waals surface area contributed by atoms with Crippen LogP contribution in [0, 0.1) is 0 Å². The van der Waals surface area contributed by atoms with Crippen molar-refractivity contribution in [1.29, 1.82) is 0 Å². The summed E-state index contributed by atoms with van der Waals surface area (Å²) < 4.78 is 1.36. The molecule has 4 aromatic carbocycles. The Morgan fingerprint density at radius 1 is 0.630 bits per heavy atom. The molecule has 4 aromatic rings. The quantitative estimate of drug-likeness (QED) is 0.224. The monoisotopic (exact) mass is 427 g/mol. The molecular weight excluding hydrogens is 404 g/mol. The Morgan fingerprint density at radius 2 is 1.15 bits per heavy atom. The molecule has 0 aliphatic carbocycles. The van der Waals surface area contributed by atoms with Crippen LogP contribution in [0.15, 0.2) is 97.1 Å². The number of fused-ring (bicyclic) bond motifs is 1. The second-order valence-corrected chi connectivity index (χ2v) is 10.6. The summed E-state index contributed by atoms with van der Waals surface area (Å²) in [6.45, 7) is 4.83. The van der Waals surface area contributed by atoms with Crippen LogP contribution in [0.5, 0.6) is 0 Å². The molecule has 0 bridgehead atoms. The Labute approximate surface area is 171 Å². The summed E-state index contributed by atoms with van der Waals surface area (Å²) >= 11 is 2.27. The van der Waals surface area contributed by atoms with E-state index in [1.54, 1.807) is 0 Å². The SMILES string of the molecule is CP(C)C(c1ccccc1)(c1ccccc1)c1[c]([Ge])ccc2ccccc12. The van der Waals surface area contributed by atoms with Gasteiger partial charge in [0.05, 0.1) is 0 Å². The first-order chi connectivity index (χ1) is 13.2. The Morgan fingerprint density at radius 3 is 1.70 bits per heavy atom. The van der Waals surface area contributed by atoms with E-state index in [-0.39, 0.29) is 13.1 Å². The van der Waals surface area contributed by atoms with Crippen LogP contribution >= 0.6 is 7.92 Å². The van der Waals surface area contributed by atoms with E-state index in [1.807, 2.05) is 0 Å². The van der Waals surface area contributed by atoms with Crippen LogP contribution in [-0.4, -0.2) is 29.8 Å². The van der Waals surface area contributed by atoms with Crippen molar-refractivity contribution < 1.29 is 0 Å². The summed E-state index contributed by atoms with van der Waals surface area (Å²) in [5, 5.41) is 2.54. The average Bonchev–Trinajstić information content (AvgIpc) is 2.71. The molecule has 2 heteroatoms. The third kappa shape index (κ3) is 3.06. The van der Waals surface area contributed by atoms with Gasteiger partial charge >= 0.3 is 172 Å². The summed E-state index contributed by atoms with van der Waals surface area (Å²) in [6, 6.07) is 35.5. The zero-order valence-electron chi connectivity index (χ0n) is 15.7. The van der Waals surface area contributed by atoms with Gasteiger partial charge < -0.3 is 0 Å². The number of hydrogen-bond donors (Lipinski definition) is 0. The molecule has 131 valence electrons. The first kappa shape index (κ1) is 18.5. The van der Waals surface area contributed by atoms with E-state index in [4.69, 9.17) is 0 Å². The number of hydrogen-bond acceptors (Lipinski definition) is 0. The summed E-state index contributed by atoms with van der Waals surface area (Å²) in [5.41, 5.74) is 4.22. The fourth-order valence-electron chi connectivity index (χ4n) is 4.22. The second kappa shape index (κ2) is 7.62. The van der Waals surface area contributed by atoms with E-state index in [1.165, 1.54) is 31.9 Å². The number of rotatable bonds is 4. The molecule has 0 aliphatic heterocycles. The Hall–Kier alpha value is -1.89. The van der Waals surface area contributed by atoms with Crippen molar-refractivity contribution in [3.8, 4) is 0 Å². The van der Waals surface area contributed by atoms with Gasteiger partial charge in [-0.2, -0.15) is 0 Å². The summed E-state index contributed by atoms with van der Waals surface area (Å²) in [4.78, 5) is 0. The molecule has 0 fully saturated rings. The van der Waals surface area contributed by atoms with Crippen molar-refractivity contribution in [2.75, 3.05) is 13.3 Å². The van der Waals surface area contributed by atoms with Crippen molar-refractivity contribution >= 4 is 39.6 Å². The third-order valence-corrected chi connectivity index (χ3v) is 8.30. The van der Waals surface area contributed by atoms with Crippen LogP contribution < -0.4 is 4.40 Å². The summed E-state index contributed by atoms with van der Waals surface area (Å²) in [6.07, 6.45) is 0. The molecule has 0 unspecified atom stereocenters. The van der Waals surface area contributed by atoms with Crippen molar-refractivity contribution in [1.82, 2.24) is 0 Å².